The molecule has 10 heteroatoms. The Bertz CT molecular complexity index is 434. The van der Waals surface area contributed by atoms with Crippen molar-refractivity contribution in [3.63, 3.8) is 0 Å². The van der Waals surface area contributed by atoms with E-state index in [9.17, 15) is 14.0 Å². The van der Waals surface area contributed by atoms with Gasteiger partial charge in [0.1, 0.15) is 0 Å². The monoisotopic (exact) mass is 388 g/mol. The molecule has 3 N–H and O–H groups in total. The maximum Gasteiger partial charge on any atom is 0.481 e. The summed E-state index contributed by atoms with van der Waals surface area (Å²) < 4.78 is 35.9. The minimum atomic E-state index is -5.05. The van der Waals surface area contributed by atoms with Gasteiger partial charge in [0.2, 0.25) is 0 Å². The summed E-state index contributed by atoms with van der Waals surface area (Å²) in [6.07, 6.45) is 9.95. The van der Waals surface area contributed by atoms with Crippen LogP contribution >= 0.6 is 15.6 Å². The second kappa shape index (κ2) is 11.0. The van der Waals surface area contributed by atoms with Crippen molar-refractivity contribution in [2.75, 3.05) is 6.61 Å². The van der Waals surface area contributed by atoms with Crippen LogP contribution in [0.5, 0.6) is 0 Å². The lowest BCUT2D eigenvalue weighted by Gasteiger charge is -2.19. The molecule has 1 rings (SSSR count). The van der Waals surface area contributed by atoms with E-state index in [-0.39, 0.29) is 0 Å². The Balaban J connectivity index is 2.03. The molecule has 1 fully saturated rings. The van der Waals surface area contributed by atoms with Gasteiger partial charge in [-0.15, -0.1) is 0 Å². The highest BCUT2D eigenvalue weighted by molar-refractivity contribution is 7.60. The van der Waals surface area contributed by atoms with E-state index >= 15 is 0 Å². The molecule has 1 aliphatic heterocycles. The zero-order chi connectivity index (χ0) is 18.1. The first kappa shape index (κ1) is 22.3. The summed E-state index contributed by atoms with van der Waals surface area (Å²) in [6.45, 7) is 2.71. The van der Waals surface area contributed by atoms with Gasteiger partial charge in [-0.2, -0.15) is 4.31 Å². The maximum atomic E-state index is 11.5. The fourth-order valence-electron chi connectivity index (χ4n) is 2.54. The van der Waals surface area contributed by atoms with Gasteiger partial charge >= 0.3 is 15.6 Å². The molecular formula is C14H30O8P2. The predicted octanol–water partition coefficient (Wildman–Crippen LogP) is 3.90. The molecule has 1 saturated heterocycles. The molecule has 8 nitrogen and oxygen atoms in total. The molecule has 0 aliphatic carbocycles. The maximum absolute atomic E-state index is 11.5. The third kappa shape index (κ3) is 12.6. The quantitative estimate of drug-likeness (QED) is 0.219. The van der Waals surface area contributed by atoms with Crippen LogP contribution in [0.1, 0.15) is 71.1 Å². The van der Waals surface area contributed by atoms with Crippen LogP contribution in [0.2, 0.25) is 0 Å². The number of ether oxygens (including phenoxy) is 1. The van der Waals surface area contributed by atoms with Crippen LogP contribution in [0, 0.1) is 0 Å². The minimum absolute atomic E-state index is 0.471. The summed E-state index contributed by atoms with van der Waals surface area (Å²) in [5.41, 5.74) is 0. The predicted molar refractivity (Wildman–Crippen MR) is 89.4 cm³/mol. The van der Waals surface area contributed by atoms with Gasteiger partial charge in [-0.05, 0) is 19.3 Å². The van der Waals surface area contributed by atoms with E-state index < -0.39 is 21.7 Å². The molecule has 0 aromatic carbocycles. The highest BCUT2D eigenvalue weighted by Crippen LogP contribution is 2.58. The van der Waals surface area contributed by atoms with E-state index in [1.54, 1.807) is 6.92 Å². The average molecular weight is 388 g/mol. The normalized spacial score (nSPS) is 21.4. The fourth-order valence-corrected chi connectivity index (χ4v) is 4.40. The number of phosphoric ester groups is 1. The molecular weight excluding hydrogens is 358 g/mol. The van der Waals surface area contributed by atoms with Gasteiger partial charge in [0.05, 0.1) is 18.8 Å². The molecule has 24 heavy (non-hydrogen) atoms. The molecule has 0 spiro atoms. The van der Waals surface area contributed by atoms with Crippen molar-refractivity contribution >= 4 is 15.6 Å². The zero-order valence-corrected chi connectivity index (χ0v) is 16.0. The topological polar surface area (TPSA) is 126 Å². The van der Waals surface area contributed by atoms with Crippen molar-refractivity contribution in [1.29, 1.82) is 0 Å². The van der Waals surface area contributed by atoms with Crippen LogP contribution < -0.4 is 0 Å². The lowest BCUT2D eigenvalue weighted by Crippen LogP contribution is -2.11. The van der Waals surface area contributed by atoms with Gasteiger partial charge in [0, 0.05) is 0 Å². The highest BCUT2D eigenvalue weighted by Gasteiger charge is 2.34. The van der Waals surface area contributed by atoms with E-state index in [0.717, 1.165) is 25.9 Å². The Labute approximate surface area is 143 Å². The Morgan fingerprint density at radius 2 is 1.58 bits per heavy atom. The van der Waals surface area contributed by atoms with Crippen molar-refractivity contribution < 1.29 is 37.4 Å². The van der Waals surface area contributed by atoms with Crippen molar-refractivity contribution in [2.45, 2.75) is 83.3 Å². The third-order valence-electron chi connectivity index (χ3n) is 3.90. The van der Waals surface area contributed by atoms with E-state index in [1.165, 1.54) is 32.1 Å². The Hall–Kier alpha value is 0.220. The summed E-state index contributed by atoms with van der Waals surface area (Å²) in [5.74, 6) is 0. The molecule has 3 atom stereocenters. The van der Waals surface area contributed by atoms with Gasteiger partial charge in [-0.25, -0.2) is 9.13 Å². The fraction of sp³-hybridized carbons (Fsp3) is 1.00. The SMILES string of the molecule is CCC(CCCCCCCCCC1CO1)OP(=O)(O)OP(=O)(O)O. The number of rotatable bonds is 15. The van der Waals surface area contributed by atoms with Gasteiger partial charge < -0.3 is 19.4 Å². The van der Waals surface area contributed by atoms with Gasteiger partial charge in [0.15, 0.2) is 0 Å². The number of hydrogen-bond acceptors (Lipinski definition) is 5. The van der Waals surface area contributed by atoms with Crippen LogP contribution in [0.3, 0.4) is 0 Å². The Morgan fingerprint density at radius 1 is 1.04 bits per heavy atom. The molecule has 0 aromatic heterocycles. The molecule has 0 saturated carbocycles. The minimum Gasteiger partial charge on any atom is -0.373 e. The zero-order valence-electron chi connectivity index (χ0n) is 14.2. The molecule has 0 radical (unpaired) electrons. The van der Waals surface area contributed by atoms with Crippen LogP contribution in [0.15, 0.2) is 0 Å². The number of hydrogen-bond donors (Lipinski definition) is 3. The van der Waals surface area contributed by atoms with Crippen molar-refractivity contribution in [3.05, 3.63) is 0 Å². The average Bonchev–Trinajstić information content (AvgIpc) is 3.25. The van der Waals surface area contributed by atoms with E-state index in [4.69, 9.17) is 19.0 Å². The standard InChI is InChI=1S/C14H30O8P2/c1-2-13(21-24(18,19)22-23(15,16)17)10-8-6-4-3-5-7-9-11-14-12-20-14/h13-14H,2-12H2,1H3,(H,18,19)(H2,15,16,17). The first-order valence-electron chi connectivity index (χ1n) is 8.61. The first-order chi connectivity index (χ1) is 11.2. The van der Waals surface area contributed by atoms with Gasteiger partial charge in [-0.1, -0.05) is 51.9 Å². The molecule has 1 aliphatic rings. The van der Waals surface area contributed by atoms with Gasteiger partial charge in [0.25, 0.3) is 0 Å². The van der Waals surface area contributed by atoms with Crippen LogP contribution in [0.4, 0.5) is 0 Å². The van der Waals surface area contributed by atoms with Crippen LogP contribution in [-0.2, 0) is 22.7 Å². The molecule has 0 bridgehead atoms. The largest absolute Gasteiger partial charge is 0.481 e. The van der Waals surface area contributed by atoms with Gasteiger partial charge in [-0.3, -0.25) is 4.52 Å². The first-order valence-corrected chi connectivity index (χ1v) is 11.6. The van der Waals surface area contributed by atoms with Crippen LogP contribution in [-0.4, -0.2) is 33.5 Å². The van der Waals surface area contributed by atoms with Crippen LogP contribution in [0.25, 0.3) is 0 Å². The summed E-state index contributed by atoms with van der Waals surface area (Å²) in [5, 5.41) is 0. The summed E-state index contributed by atoms with van der Waals surface area (Å²) in [7, 11) is -9.79. The molecule has 0 amide bonds. The second-order valence-corrected chi connectivity index (χ2v) is 8.97. The molecule has 3 unspecified atom stereocenters. The third-order valence-corrected chi connectivity index (χ3v) is 6.14. The summed E-state index contributed by atoms with van der Waals surface area (Å²) in [6, 6.07) is 0. The second-order valence-electron chi connectivity index (χ2n) is 6.18. The Morgan fingerprint density at radius 3 is 2.08 bits per heavy atom. The summed E-state index contributed by atoms with van der Waals surface area (Å²) >= 11 is 0. The van der Waals surface area contributed by atoms with E-state index in [1.807, 2.05) is 0 Å². The summed E-state index contributed by atoms with van der Waals surface area (Å²) in [4.78, 5) is 26.5. The lowest BCUT2D eigenvalue weighted by molar-refractivity contribution is 0.116. The van der Waals surface area contributed by atoms with Crippen molar-refractivity contribution in [3.8, 4) is 0 Å². The highest BCUT2D eigenvalue weighted by atomic mass is 31.3. The lowest BCUT2D eigenvalue weighted by atomic mass is 10.0. The molecule has 1 heterocycles. The number of unbranched alkanes of at least 4 members (excludes halogenated alkanes) is 6. The van der Waals surface area contributed by atoms with E-state index in [0.29, 0.717) is 18.9 Å². The molecule has 144 valence electrons. The smallest absolute Gasteiger partial charge is 0.373 e. The van der Waals surface area contributed by atoms with Crippen molar-refractivity contribution in [1.82, 2.24) is 0 Å². The molecule has 0 aromatic rings. The Kier molecular flexibility index (Phi) is 10.2. The number of phosphoric acid groups is 2. The van der Waals surface area contributed by atoms with E-state index in [2.05, 4.69) is 4.31 Å². The van der Waals surface area contributed by atoms with Crippen molar-refractivity contribution in [2.24, 2.45) is 0 Å². The number of epoxide rings is 1.